The molecule has 4 aromatic rings. The minimum atomic E-state index is -0.0762. The lowest BCUT2D eigenvalue weighted by atomic mass is 10.2. The van der Waals surface area contributed by atoms with E-state index in [0.717, 1.165) is 11.1 Å². The average molecular weight is 426 g/mol. The van der Waals surface area contributed by atoms with E-state index in [4.69, 9.17) is 20.4 Å². The van der Waals surface area contributed by atoms with Crippen LogP contribution in [0.15, 0.2) is 75.8 Å². The van der Waals surface area contributed by atoms with Gasteiger partial charge in [0.05, 0.1) is 12.0 Å². The van der Waals surface area contributed by atoms with Crippen LogP contribution in [0.4, 0.5) is 5.69 Å². The maximum absolute atomic E-state index is 12.2. The predicted octanol–water partition coefficient (Wildman–Crippen LogP) is 5.52. The molecule has 4 rings (SSSR count). The number of carbonyl (C=O) groups excluding carboxylic acids is 1. The van der Waals surface area contributed by atoms with E-state index >= 15 is 0 Å². The lowest BCUT2D eigenvalue weighted by Gasteiger charge is -2.06. The summed E-state index contributed by atoms with van der Waals surface area (Å²) in [6, 6.07) is 18.3. The van der Waals surface area contributed by atoms with E-state index in [1.165, 1.54) is 11.8 Å². The van der Waals surface area contributed by atoms with E-state index in [-0.39, 0.29) is 5.91 Å². The highest BCUT2D eigenvalue weighted by atomic mass is 35.5. The van der Waals surface area contributed by atoms with Crippen LogP contribution >= 0.6 is 23.4 Å². The van der Waals surface area contributed by atoms with Gasteiger partial charge in [-0.15, -0.1) is 22.0 Å². The monoisotopic (exact) mass is 425 g/mol. The minimum absolute atomic E-state index is 0.0762. The Balaban J connectivity index is 1.31. The van der Waals surface area contributed by atoms with Crippen molar-refractivity contribution in [3.05, 3.63) is 77.5 Å². The first-order chi connectivity index (χ1) is 14.2. The molecule has 1 amide bonds. The number of hydrogen-bond donors (Lipinski definition) is 1. The van der Waals surface area contributed by atoms with Crippen molar-refractivity contribution in [1.82, 2.24) is 10.2 Å². The highest BCUT2D eigenvalue weighted by molar-refractivity contribution is 7.99. The summed E-state index contributed by atoms with van der Waals surface area (Å²) in [5.41, 5.74) is 2.47. The Morgan fingerprint density at radius 3 is 2.55 bits per heavy atom. The Kier molecular flexibility index (Phi) is 5.97. The van der Waals surface area contributed by atoms with E-state index < -0.39 is 0 Å². The van der Waals surface area contributed by atoms with Crippen LogP contribution in [0.3, 0.4) is 0 Å². The fourth-order valence-electron chi connectivity index (χ4n) is 2.60. The second-order valence-electron chi connectivity index (χ2n) is 6.10. The highest BCUT2D eigenvalue weighted by Gasteiger charge is 2.12. The molecule has 0 radical (unpaired) electrons. The Hall–Kier alpha value is -3.03. The lowest BCUT2D eigenvalue weighted by molar-refractivity contribution is -0.113. The number of furan rings is 1. The summed E-state index contributed by atoms with van der Waals surface area (Å²) in [5.74, 6) is 2.15. The topological polar surface area (TPSA) is 81.2 Å². The van der Waals surface area contributed by atoms with E-state index in [1.807, 2.05) is 36.4 Å². The molecule has 1 N–H and O–H groups in total. The molecule has 146 valence electrons. The van der Waals surface area contributed by atoms with Gasteiger partial charge in [-0.05, 0) is 48.0 Å². The van der Waals surface area contributed by atoms with Crippen molar-refractivity contribution >= 4 is 35.0 Å². The first kappa shape index (κ1) is 19.3. The van der Waals surface area contributed by atoms with Crippen molar-refractivity contribution in [2.75, 3.05) is 11.1 Å². The van der Waals surface area contributed by atoms with Crippen LogP contribution in [0.25, 0.3) is 23.1 Å². The lowest BCUT2D eigenvalue weighted by Crippen LogP contribution is -2.14. The number of thioether (sulfide) groups is 1. The second-order valence-corrected chi connectivity index (χ2v) is 7.49. The Labute approximate surface area is 176 Å². The average Bonchev–Trinajstić information content (AvgIpc) is 3.42. The van der Waals surface area contributed by atoms with Gasteiger partial charge >= 0.3 is 0 Å². The molecule has 0 aliphatic carbocycles. The van der Waals surface area contributed by atoms with E-state index in [9.17, 15) is 4.79 Å². The first-order valence-corrected chi connectivity index (χ1v) is 10.3. The summed E-state index contributed by atoms with van der Waals surface area (Å²) in [6.45, 7) is 0. The molecule has 0 saturated heterocycles. The van der Waals surface area contributed by atoms with E-state index in [2.05, 4.69) is 15.5 Å². The van der Waals surface area contributed by atoms with Crippen molar-refractivity contribution in [3.63, 3.8) is 0 Å². The first-order valence-electron chi connectivity index (χ1n) is 8.78. The van der Waals surface area contributed by atoms with Gasteiger partial charge in [0.2, 0.25) is 11.8 Å². The molecular formula is C21H16ClN3O3S. The minimum Gasteiger partial charge on any atom is -0.459 e. The van der Waals surface area contributed by atoms with Crippen LogP contribution in [0.1, 0.15) is 5.56 Å². The van der Waals surface area contributed by atoms with Crippen molar-refractivity contribution in [1.29, 1.82) is 0 Å². The Bertz CT molecular complexity index is 1090. The number of benzene rings is 2. The number of amides is 1. The molecule has 29 heavy (non-hydrogen) atoms. The molecule has 0 saturated carbocycles. The maximum atomic E-state index is 12.2. The van der Waals surface area contributed by atoms with Crippen molar-refractivity contribution in [2.45, 2.75) is 5.75 Å². The zero-order chi connectivity index (χ0) is 20.1. The van der Waals surface area contributed by atoms with Crippen LogP contribution in [0, 0.1) is 0 Å². The smallest absolute Gasteiger partial charge is 0.283 e. The van der Waals surface area contributed by atoms with Crippen molar-refractivity contribution in [3.8, 4) is 23.1 Å². The van der Waals surface area contributed by atoms with Crippen LogP contribution in [-0.2, 0) is 10.5 Å². The molecule has 2 heterocycles. The summed E-state index contributed by atoms with van der Waals surface area (Å²) in [4.78, 5) is 12.2. The molecule has 8 heteroatoms. The summed E-state index contributed by atoms with van der Waals surface area (Å²) in [5, 5.41) is 11.6. The Morgan fingerprint density at radius 1 is 1.00 bits per heavy atom. The molecule has 0 fully saturated rings. The van der Waals surface area contributed by atoms with Crippen molar-refractivity contribution < 1.29 is 13.6 Å². The number of carbonyl (C=O) groups is 1. The molecule has 0 aliphatic heterocycles. The van der Waals surface area contributed by atoms with Crippen LogP contribution in [0.2, 0.25) is 5.02 Å². The fraction of sp³-hybridized carbons (Fsp3) is 0.0952. The number of nitrogens with one attached hydrogen (secondary N) is 1. The van der Waals surface area contributed by atoms with Gasteiger partial charge in [0.15, 0.2) is 5.76 Å². The van der Waals surface area contributed by atoms with Crippen LogP contribution in [-0.4, -0.2) is 21.9 Å². The third-order valence-corrected chi connectivity index (χ3v) is 5.37. The van der Waals surface area contributed by atoms with Gasteiger partial charge in [0.25, 0.3) is 5.89 Å². The van der Waals surface area contributed by atoms with E-state index in [1.54, 1.807) is 30.5 Å². The largest absolute Gasteiger partial charge is 0.459 e. The molecular weight excluding hydrogens is 410 g/mol. The van der Waals surface area contributed by atoms with Gasteiger partial charge < -0.3 is 14.2 Å². The third kappa shape index (κ3) is 4.88. The van der Waals surface area contributed by atoms with Gasteiger partial charge in [-0.2, -0.15) is 0 Å². The second kappa shape index (κ2) is 8.98. The molecule has 2 aromatic carbocycles. The van der Waals surface area contributed by atoms with Gasteiger partial charge in [-0.3, -0.25) is 4.79 Å². The highest BCUT2D eigenvalue weighted by Crippen LogP contribution is 2.25. The molecule has 0 spiro atoms. The standard InChI is InChI=1S/C21H16ClN3O3S/c22-17-5-2-1-4-15(17)12-29-13-19(26)23-16-9-7-14(8-10-16)20-24-25-21(28-20)18-6-3-11-27-18/h1-11H,12-13H2,(H,23,26). The number of nitrogens with zero attached hydrogens (tertiary/aromatic N) is 2. The number of aromatic nitrogens is 2. The fourth-order valence-corrected chi connectivity index (χ4v) is 3.72. The van der Waals surface area contributed by atoms with E-state index in [0.29, 0.717) is 39.8 Å². The Morgan fingerprint density at radius 2 is 1.79 bits per heavy atom. The normalized spacial score (nSPS) is 10.8. The van der Waals surface area contributed by atoms with Gasteiger partial charge in [-0.25, -0.2) is 0 Å². The number of halogens is 1. The van der Waals surface area contributed by atoms with Crippen molar-refractivity contribution in [2.24, 2.45) is 0 Å². The molecule has 6 nitrogen and oxygen atoms in total. The maximum Gasteiger partial charge on any atom is 0.283 e. The number of hydrogen-bond acceptors (Lipinski definition) is 6. The summed E-state index contributed by atoms with van der Waals surface area (Å²) < 4.78 is 10.9. The predicted molar refractivity (Wildman–Crippen MR) is 114 cm³/mol. The quantitative estimate of drug-likeness (QED) is 0.419. The van der Waals surface area contributed by atoms with Gasteiger partial charge in [0, 0.05) is 22.0 Å². The SMILES string of the molecule is O=C(CSCc1ccccc1Cl)Nc1ccc(-c2nnc(-c3ccco3)o2)cc1. The van der Waals surface area contributed by atoms with Crippen LogP contribution < -0.4 is 5.32 Å². The number of anilines is 1. The number of rotatable bonds is 7. The molecule has 0 bridgehead atoms. The van der Waals surface area contributed by atoms with Gasteiger partial charge in [-0.1, -0.05) is 29.8 Å². The summed E-state index contributed by atoms with van der Waals surface area (Å²) >= 11 is 7.64. The molecule has 0 atom stereocenters. The summed E-state index contributed by atoms with van der Waals surface area (Å²) in [6.07, 6.45) is 1.55. The summed E-state index contributed by atoms with van der Waals surface area (Å²) in [7, 11) is 0. The molecule has 0 aliphatic rings. The van der Waals surface area contributed by atoms with Crippen LogP contribution in [0.5, 0.6) is 0 Å². The zero-order valence-corrected chi connectivity index (χ0v) is 16.7. The third-order valence-electron chi connectivity index (χ3n) is 4.02. The van der Waals surface area contributed by atoms with Gasteiger partial charge in [0.1, 0.15) is 0 Å². The molecule has 2 aromatic heterocycles. The molecule has 0 unspecified atom stereocenters. The zero-order valence-electron chi connectivity index (χ0n) is 15.2.